The number of halogens is 3. The van der Waals surface area contributed by atoms with E-state index in [1.807, 2.05) is 26.0 Å². The molecule has 7 nitrogen and oxygen atoms in total. The number of hydrogen-bond acceptors (Lipinski definition) is 4. The van der Waals surface area contributed by atoms with Crippen molar-refractivity contribution >= 4 is 17.6 Å². The number of aryl methyl sites for hydroxylation is 1. The number of hydrogen-bond donors (Lipinski definition) is 2. The molecule has 2 N–H and O–H groups in total. The highest BCUT2D eigenvalue weighted by Crippen LogP contribution is 2.31. The van der Waals surface area contributed by atoms with E-state index in [4.69, 9.17) is 4.74 Å². The van der Waals surface area contributed by atoms with E-state index in [0.29, 0.717) is 60.6 Å². The number of nitrogens with one attached hydrogen (secondary N) is 2. The first kappa shape index (κ1) is 27.8. The number of anilines is 1. The minimum atomic E-state index is -4.78. The molecule has 39 heavy (non-hydrogen) atoms. The molecule has 0 saturated carbocycles. The topological polar surface area (TPSA) is 79.9 Å². The van der Waals surface area contributed by atoms with Gasteiger partial charge in [-0.15, -0.1) is 13.2 Å². The maximum atomic E-state index is 13.3. The fourth-order valence-electron chi connectivity index (χ4n) is 4.54. The van der Waals surface area contributed by atoms with E-state index < -0.39 is 6.36 Å². The average Bonchev–Trinajstić information content (AvgIpc) is 2.89. The summed E-state index contributed by atoms with van der Waals surface area (Å²) in [6.07, 6.45) is -3.43. The molecule has 206 valence electrons. The first-order valence-corrected chi connectivity index (χ1v) is 12.7. The number of likely N-dealkylation sites (tertiary alicyclic amines) is 1. The van der Waals surface area contributed by atoms with Crippen LogP contribution in [0.2, 0.25) is 0 Å². The van der Waals surface area contributed by atoms with Crippen molar-refractivity contribution < 1.29 is 32.2 Å². The standard InChI is InChI=1S/C29H30F3N3O4/c1-3-33-28(37)35-16-14-22(15-17-35)38-24-8-5-7-21(18-24)34-27(36)25-9-4-6-19(2)26(25)20-10-12-23(13-11-20)39-29(30,31)32/h4-13,18,22H,3,14-17H2,1-2H3,(H,33,37)(H,34,36). The molecule has 1 aliphatic rings. The zero-order valence-electron chi connectivity index (χ0n) is 21.7. The highest BCUT2D eigenvalue weighted by molar-refractivity contribution is 6.09. The number of benzene rings is 3. The number of urea groups is 1. The normalized spacial score (nSPS) is 14.0. The number of ether oxygens (including phenoxy) is 2. The van der Waals surface area contributed by atoms with Crippen molar-refractivity contribution in [2.75, 3.05) is 25.0 Å². The Morgan fingerprint density at radius 2 is 1.67 bits per heavy atom. The van der Waals surface area contributed by atoms with E-state index in [1.165, 1.54) is 24.3 Å². The van der Waals surface area contributed by atoms with Gasteiger partial charge in [0.2, 0.25) is 0 Å². The minimum Gasteiger partial charge on any atom is -0.490 e. The largest absolute Gasteiger partial charge is 0.573 e. The molecule has 0 unspecified atom stereocenters. The van der Waals surface area contributed by atoms with E-state index in [2.05, 4.69) is 15.4 Å². The third-order valence-electron chi connectivity index (χ3n) is 6.35. The average molecular weight is 542 g/mol. The van der Waals surface area contributed by atoms with Crippen molar-refractivity contribution in [2.24, 2.45) is 0 Å². The molecule has 0 bridgehead atoms. The van der Waals surface area contributed by atoms with Crippen LogP contribution in [0.15, 0.2) is 66.7 Å². The lowest BCUT2D eigenvalue weighted by Gasteiger charge is -2.32. The molecule has 1 aliphatic heterocycles. The highest BCUT2D eigenvalue weighted by Gasteiger charge is 2.31. The van der Waals surface area contributed by atoms with Crippen LogP contribution in [-0.2, 0) is 0 Å². The van der Waals surface area contributed by atoms with Gasteiger partial charge in [0.05, 0.1) is 0 Å². The van der Waals surface area contributed by atoms with Crippen LogP contribution < -0.4 is 20.1 Å². The van der Waals surface area contributed by atoms with Gasteiger partial charge in [-0.2, -0.15) is 0 Å². The Morgan fingerprint density at radius 1 is 0.974 bits per heavy atom. The number of piperidine rings is 1. The molecule has 3 aromatic rings. The van der Waals surface area contributed by atoms with Gasteiger partial charge in [-0.1, -0.05) is 30.3 Å². The summed E-state index contributed by atoms with van der Waals surface area (Å²) in [4.78, 5) is 27.1. The summed E-state index contributed by atoms with van der Waals surface area (Å²) in [5.74, 6) is -0.0942. The molecular weight excluding hydrogens is 511 g/mol. The summed E-state index contributed by atoms with van der Waals surface area (Å²) in [6.45, 7) is 5.51. The summed E-state index contributed by atoms with van der Waals surface area (Å²) >= 11 is 0. The zero-order chi connectivity index (χ0) is 28.0. The van der Waals surface area contributed by atoms with Crippen molar-refractivity contribution in [3.63, 3.8) is 0 Å². The summed E-state index contributed by atoms with van der Waals surface area (Å²) in [7, 11) is 0. The quantitative estimate of drug-likeness (QED) is 0.364. The van der Waals surface area contributed by atoms with Gasteiger partial charge in [-0.3, -0.25) is 4.79 Å². The molecule has 1 fully saturated rings. The van der Waals surface area contributed by atoms with Gasteiger partial charge >= 0.3 is 12.4 Å². The fraction of sp³-hybridized carbons (Fsp3) is 0.310. The maximum absolute atomic E-state index is 13.3. The number of alkyl halides is 3. The van der Waals surface area contributed by atoms with Gasteiger partial charge in [0, 0.05) is 49.8 Å². The molecule has 1 heterocycles. The Morgan fingerprint density at radius 3 is 2.33 bits per heavy atom. The maximum Gasteiger partial charge on any atom is 0.573 e. The van der Waals surface area contributed by atoms with Gasteiger partial charge in [0.25, 0.3) is 5.91 Å². The van der Waals surface area contributed by atoms with Crippen LogP contribution in [0.4, 0.5) is 23.7 Å². The molecule has 1 saturated heterocycles. The van der Waals surface area contributed by atoms with Crippen LogP contribution in [-0.4, -0.2) is 48.9 Å². The Balaban J connectivity index is 1.44. The molecule has 0 atom stereocenters. The lowest BCUT2D eigenvalue weighted by Crippen LogP contribution is -2.46. The fourth-order valence-corrected chi connectivity index (χ4v) is 4.54. The van der Waals surface area contributed by atoms with E-state index in [0.717, 1.165) is 5.56 Å². The van der Waals surface area contributed by atoms with Gasteiger partial charge in [-0.25, -0.2) is 4.79 Å². The van der Waals surface area contributed by atoms with Gasteiger partial charge in [-0.05, 0) is 60.9 Å². The Hall–Kier alpha value is -4.21. The third kappa shape index (κ3) is 7.43. The van der Waals surface area contributed by atoms with Crippen LogP contribution in [0.1, 0.15) is 35.7 Å². The number of carbonyl (C=O) groups excluding carboxylic acids is 2. The zero-order valence-corrected chi connectivity index (χ0v) is 21.7. The lowest BCUT2D eigenvalue weighted by molar-refractivity contribution is -0.274. The van der Waals surface area contributed by atoms with Gasteiger partial charge < -0.3 is 25.0 Å². The second-order valence-corrected chi connectivity index (χ2v) is 9.19. The van der Waals surface area contributed by atoms with Gasteiger partial charge in [0.1, 0.15) is 17.6 Å². The first-order chi connectivity index (χ1) is 18.6. The second kappa shape index (κ2) is 12.1. The first-order valence-electron chi connectivity index (χ1n) is 12.7. The van der Waals surface area contributed by atoms with Crippen LogP contribution >= 0.6 is 0 Å². The predicted octanol–water partition coefficient (Wildman–Crippen LogP) is 6.39. The summed E-state index contributed by atoms with van der Waals surface area (Å²) < 4.78 is 47.7. The number of carbonyl (C=O) groups is 2. The monoisotopic (exact) mass is 541 g/mol. The van der Waals surface area contributed by atoms with Crippen molar-refractivity contribution in [2.45, 2.75) is 39.2 Å². The minimum absolute atomic E-state index is 0.0469. The van der Waals surface area contributed by atoms with Crippen molar-refractivity contribution in [3.8, 4) is 22.6 Å². The molecule has 4 rings (SSSR count). The van der Waals surface area contributed by atoms with Crippen molar-refractivity contribution in [3.05, 3.63) is 77.9 Å². The predicted molar refractivity (Wildman–Crippen MR) is 142 cm³/mol. The number of rotatable bonds is 7. The molecular formula is C29H30F3N3O4. The Bertz CT molecular complexity index is 1300. The molecule has 0 aromatic heterocycles. The molecule has 3 aromatic carbocycles. The highest BCUT2D eigenvalue weighted by atomic mass is 19.4. The van der Waals surface area contributed by atoms with Crippen LogP contribution in [0.25, 0.3) is 11.1 Å². The van der Waals surface area contributed by atoms with Crippen LogP contribution in [0.3, 0.4) is 0 Å². The third-order valence-corrected chi connectivity index (χ3v) is 6.35. The van der Waals surface area contributed by atoms with E-state index in [9.17, 15) is 22.8 Å². The number of nitrogens with zero attached hydrogens (tertiary/aromatic N) is 1. The molecule has 0 radical (unpaired) electrons. The lowest BCUT2D eigenvalue weighted by atomic mass is 9.94. The summed E-state index contributed by atoms with van der Waals surface area (Å²) in [6, 6.07) is 17.7. The van der Waals surface area contributed by atoms with E-state index in [-0.39, 0.29) is 23.8 Å². The van der Waals surface area contributed by atoms with E-state index >= 15 is 0 Å². The van der Waals surface area contributed by atoms with Crippen LogP contribution in [0, 0.1) is 6.92 Å². The number of amides is 3. The smallest absolute Gasteiger partial charge is 0.490 e. The van der Waals surface area contributed by atoms with Gasteiger partial charge in [0.15, 0.2) is 0 Å². The van der Waals surface area contributed by atoms with E-state index in [1.54, 1.807) is 35.2 Å². The Labute approximate surface area is 224 Å². The molecule has 0 spiro atoms. The molecule has 0 aliphatic carbocycles. The van der Waals surface area contributed by atoms with Crippen molar-refractivity contribution in [1.29, 1.82) is 0 Å². The summed E-state index contributed by atoms with van der Waals surface area (Å²) in [5, 5.41) is 5.70. The van der Waals surface area contributed by atoms with Crippen molar-refractivity contribution in [1.82, 2.24) is 10.2 Å². The molecule has 10 heteroatoms. The SMILES string of the molecule is CCNC(=O)N1CCC(Oc2cccc(NC(=O)c3cccc(C)c3-c3ccc(OC(F)(F)F)cc3)c2)CC1. The summed E-state index contributed by atoms with van der Waals surface area (Å²) in [5.41, 5.74) is 2.91. The second-order valence-electron chi connectivity index (χ2n) is 9.19. The molecule has 3 amide bonds. The Kier molecular flexibility index (Phi) is 8.63. The van der Waals surface area contributed by atoms with Crippen LogP contribution in [0.5, 0.6) is 11.5 Å².